The van der Waals surface area contributed by atoms with Gasteiger partial charge in [-0.05, 0) is 68.4 Å². The van der Waals surface area contributed by atoms with E-state index in [1.165, 1.54) is 18.4 Å². The Morgan fingerprint density at radius 1 is 1.19 bits per heavy atom. The molecule has 2 aromatic carbocycles. The Bertz CT molecular complexity index is 728. The summed E-state index contributed by atoms with van der Waals surface area (Å²) < 4.78 is 10.7. The van der Waals surface area contributed by atoms with Crippen LogP contribution in [-0.4, -0.2) is 19.5 Å². The molecule has 1 saturated carbocycles. The second-order valence-corrected chi connectivity index (χ2v) is 6.60. The molecule has 0 radical (unpaired) electrons. The van der Waals surface area contributed by atoms with Crippen LogP contribution < -0.4 is 9.47 Å². The topological polar surface area (TPSA) is 35.5 Å². The van der Waals surface area contributed by atoms with E-state index in [4.69, 9.17) is 9.47 Å². The number of ketones is 1. The van der Waals surface area contributed by atoms with Crippen LogP contribution in [0.2, 0.25) is 0 Å². The first-order chi connectivity index (χ1) is 12.5. The van der Waals surface area contributed by atoms with Gasteiger partial charge in [-0.1, -0.05) is 30.3 Å². The lowest BCUT2D eigenvalue weighted by Crippen LogP contribution is -2.05. The van der Waals surface area contributed by atoms with Crippen molar-refractivity contribution in [2.75, 3.05) is 13.7 Å². The van der Waals surface area contributed by atoms with E-state index in [2.05, 4.69) is 6.58 Å². The fraction of sp³-hybridized carbons (Fsp3) is 0.348. The van der Waals surface area contributed by atoms with Crippen LogP contribution in [0.25, 0.3) is 0 Å². The lowest BCUT2D eigenvalue weighted by Gasteiger charge is -2.11. The third-order valence-corrected chi connectivity index (χ3v) is 4.30. The number of methoxy groups -OCH3 is 1. The summed E-state index contributed by atoms with van der Waals surface area (Å²) in [4.78, 5) is 11.5. The quantitative estimate of drug-likeness (QED) is 0.494. The second-order valence-electron chi connectivity index (χ2n) is 6.60. The first-order valence-corrected chi connectivity index (χ1v) is 9.02. The summed E-state index contributed by atoms with van der Waals surface area (Å²) in [6, 6.07) is 13.8. The van der Waals surface area contributed by atoms with Crippen molar-refractivity contribution < 1.29 is 14.3 Å². The second kappa shape index (κ2) is 9.81. The molecule has 0 aromatic heterocycles. The van der Waals surface area contributed by atoms with Gasteiger partial charge in [0.25, 0.3) is 0 Å². The van der Waals surface area contributed by atoms with Gasteiger partial charge in [0.05, 0.1) is 19.3 Å². The number of hydrogen-bond acceptors (Lipinski definition) is 3. The SMILES string of the molecule is C=CCc1ccc(OC)cc1.CC(=O)c1c(C)cccc1OCC1CC1. The van der Waals surface area contributed by atoms with Crippen molar-refractivity contribution >= 4 is 5.78 Å². The zero-order valence-corrected chi connectivity index (χ0v) is 16.0. The number of hydrogen-bond donors (Lipinski definition) is 0. The van der Waals surface area contributed by atoms with Gasteiger partial charge in [0.2, 0.25) is 0 Å². The van der Waals surface area contributed by atoms with Gasteiger partial charge in [0.1, 0.15) is 11.5 Å². The zero-order chi connectivity index (χ0) is 18.9. The van der Waals surface area contributed by atoms with Crippen molar-refractivity contribution in [2.45, 2.75) is 33.1 Å². The van der Waals surface area contributed by atoms with Gasteiger partial charge in [-0.15, -0.1) is 6.58 Å². The number of rotatable bonds is 7. The average molecular weight is 352 g/mol. The third-order valence-electron chi connectivity index (χ3n) is 4.30. The Hall–Kier alpha value is -2.55. The Balaban J connectivity index is 0.000000197. The van der Waals surface area contributed by atoms with E-state index < -0.39 is 0 Å². The maximum Gasteiger partial charge on any atom is 0.163 e. The molecule has 138 valence electrons. The molecule has 0 unspecified atom stereocenters. The molecule has 0 amide bonds. The summed E-state index contributed by atoms with van der Waals surface area (Å²) in [5.41, 5.74) is 3.00. The molecular weight excluding hydrogens is 324 g/mol. The lowest BCUT2D eigenvalue weighted by molar-refractivity contribution is 0.101. The Morgan fingerprint density at radius 2 is 1.88 bits per heavy atom. The minimum atomic E-state index is 0.0823. The van der Waals surface area contributed by atoms with Gasteiger partial charge in [0.15, 0.2) is 5.78 Å². The van der Waals surface area contributed by atoms with E-state index in [-0.39, 0.29) is 5.78 Å². The molecule has 0 spiro atoms. The Labute approximate surface area is 156 Å². The van der Waals surface area contributed by atoms with E-state index >= 15 is 0 Å². The summed E-state index contributed by atoms with van der Waals surface area (Å²) in [6.45, 7) is 7.96. The number of ether oxygens (including phenoxy) is 2. The van der Waals surface area contributed by atoms with Crippen molar-refractivity contribution in [3.8, 4) is 11.5 Å². The predicted octanol–water partition coefficient (Wildman–Crippen LogP) is 5.41. The molecule has 1 fully saturated rings. The van der Waals surface area contributed by atoms with E-state index in [1.54, 1.807) is 14.0 Å². The summed E-state index contributed by atoms with van der Waals surface area (Å²) in [7, 11) is 1.67. The fourth-order valence-electron chi connectivity index (χ4n) is 2.63. The van der Waals surface area contributed by atoms with Crippen LogP contribution in [0.15, 0.2) is 55.1 Å². The molecule has 3 heteroatoms. The molecule has 2 aromatic rings. The van der Waals surface area contributed by atoms with E-state index in [1.807, 2.05) is 55.5 Å². The lowest BCUT2D eigenvalue weighted by atomic mass is 10.0. The summed E-state index contributed by atoms with van der Waals surface area (Å²) in [5, 5.41) is 0. The Kier molecular flexibility index (Phi) is 7.46. The van der Waals surface area contributed by atoms with Crippen molar-refractivity contribution in [1.29, 1.82) is 0 Å². The maximum atomic E-state index is 11.5. The van der Waals surface area contributed by atoms with Crippen molar-refractivity contribution in [2.24, 2.45) is 5.92 Å². The van der Waals surface area contributed by atoms with E-state index in [9.17, 15) is 4.79 Å². The van der Waals surface area contributed by atoms with Crippen LogP contribution in [0, 0.1) is 12.8 Å². The monoisotopic (exact) mass is 352 g/mol. The highest BCUT2D eigenvalue weighted by molar-refractivity contribution is 5.98. The number of Topliss-reactive ketones (excluding diaryl/α,β-unsaturated/α-hetero) is 1. The first kappa shape index (κ1) is 19.8. The van der Waals surface area contributed by atoms with Gasteiger partial charge < -0.3 is 9.47 Å². The van der Waals surface area contributed by atoms with Gasteiger partial charge >= 0.3 is 0 Å². The minimum Gasteiger partial charge on any atom is -0.497 e. The highest BCUT2D eigenvalue weighted by atomic mass is 16.5. The van der Waals surface area contributed by atoms with Crippen LogP contribution in [0.1, 0.15) is 41.3 Å². The van der Waals surface area contributed by atoms with Gasteiger partial charge in [-0.25, -0.2) is 0 Å². The molecule has 26 heavy (non-hydrogen) atoms. The summed E-state index contributed by atoms with van der Waals surface area (Å²) >= 11 is 0. The predicted molar refractivity (Wildman–Crippen MR) is 106 cm³/mol. The standard InChI is InChI=1S/C13H16O2.C10H12O/c1-9-4-3-5-12(13(9)10(2)14)15-8-11-6-7-11;1-3-4-9-5-7-10(11-2)8-6-9/h3-5,11H,6-8H2,1-2H3;3,5-8H,1,4H2,2H3. The molecule has 1 aliphatic rings. The van der Waals surface area contributed by atoms with Crippen LogP contribution >= 0.6 is 0 Å². The minimum absolute atomic E-state index is 0.0823. The molecule has 0 saturated heterocycles. The van der Waals surface area contributed by atoms with Gasteiger partial charge in [-0.3, -0.25) is 4.79 Å². The van der Waals surface area contributed by atoms with Crippen LogP contribution in [0.3, 0.4) is 0 Å². The molecule has 0 atom stereocenters. The number of carbonyl (C=O) groups excluding carboxylic acids is 1. The largest absolute Gasteiger partial charge is 0.497 e. The molecule has 0 aliphatic heterocycles. The molecular formula is C23H28O3. The van der Waals surface area contributed by atoms with Crippen molar-refractivity contribution in [3.05, 3.63) is 71.8 Å². The highest BCUT2D eigenvalue weighted by Gasteiger charge is 2.22. The zero-order valence-electron chi connectivity index (χ0n) is 16.0. The summed E-state index contributed by atoms with van der Waals surface area (Å²) in [6.07, 6.45) is 5.34. The van der Waals surface area contributed by atoms with Crippen LogP contribution in [0.5, 0.6) is 11.5 Å². The number of allylic oxidation sites excluding steroid dienone is 1. The molecule has 3 rings (SSSR count). The van der Waals surface area contributed by atoms with Crippen molar-refractivity contribution in [1.82, 2.24) is 0 Å². The first-order valence-electron chi connectivity index (χ1n) is 9.02. The number of benzene rings is 2. The molecule has 1 aliphatic carbocycles. The molecule has 3 nitrogen and oxygen atoms in total. The maximum absolute atomic E-state index is 11.5. The molecule has 0 N–H and O–H groups in total. The molecule has 0 heterocycles. The van der Waals surface area contributed by atoms with Gasteiger partial charge in [0, 0.05) is 0 Å². The normalized spacial score (nSPS) is 12.6. The van der Waals surface area contributed by atoms with Crippen LogP contribution in [0.4, 0.5) is 0 Å². The fourth-order valence-corrected chi connectivity index (χ4v) is 2.63. The van der Waals surface area contributed by atoms with E-state index in [0.29, 0.717) is 5.92 Å². The Morgan fingerprint density at radius 3 is 2.42 bits per heavy atom. The van der Waals surface area contributed by atoms with Gasteiger partial charge in [-0.2, -0.15) is 0 Å². The van der Waals surface area contributed by atoms with E-state index in [0.717, 1.165) is 35.7 Å². The van der Waals surface area contributed by atoms with Crippen molar-refractivity contribution in [3.63, 3.8) is 0 Å². The average Bonchev–Trinajstić information content (AvgIpc) is 3.45. The van der Waals surface area contributed by atoms with Crippen LogP contribution in [-0.2, 0) is 6.42 Å². The third kappa shape index (κ3) is 6.07. The summed E-state index contributed by atoms with van der Waals surface area (Å²) in [5.74, 6) is 2.44. The number of aryl methyl sites for hydroxylation is 1. The molecule has 0 bridgehead atoms. The highest BCUT2D eigenvalue weighted by Crippen LogP contribution is 2.31. The number of carbonyl (C=O) groups is 1. The smallest absolute Gasteiger partial charge is 0.163 e.